The Morgan fingerprint density at radius 2 is 2.05 bits per heavy atom. The Morgan fingerprint density at radius 3 is 2.68 bits per heavy atom. The zero-order chi connectivity index (χ0) is 13.2. The molecule has 1 atom stereocenters. The fourth-order valence-corrected chi connectivity index (χ4v) is 2.49. The van der Waals surface area contributed by atoms with Crippen LogP contribution in [0.2, 0.25) is 0 Å². The summed E-state index contributed by atoms with van der Waals surface area (Å²) in [4.78, 5) is 14.3. The molecule has 3 rings (SSSR count). The van der Waals surface area contributed by atoms with E-state index in [9.17, 15) is 4.79 Å². The van der Waals surface area contributed by atoms with E-state index >= 15 is 0 Å². The molecule has 0 unspecified atom stereocenters. The molecular formula is C15H21N3O. The second-order valence-electron chi connectivity index (χ2n) is 5.60. The summed E-state index contributed by atoms with van der Waals surface area (Å²) >= 11 is 0. The number of benzene rings is 1. The van der Waals surface area contributed by atoms with E-state index in [-0.39, 0.29) is 5.91 Å². The van der Waals surface area contributed by atoms with Crippen molar-refractivity contribution in [3.05, 3.63) is 29.8 Å². The quantitative estimate of drug-likeness (QED) is 0.862. The Balaban J connectivity index is 1.65. The van der Waals surface area contributed by atoms with Crippen molar-refractivity contribution in [2.75, 3.05) is 24.5 Å². The number of anilines is 1. The Morgan fingerprint density at radius 1 is 1.32 bits per heavy atom. The SMILES string of the molecule is C[C@@H]1CN(c2ccc(C(=O)NC3CC3)cc2)CCN1. The molecule has 2 N–H and O–H groups in total. The van der Waals surface area contributed by atoms with Gasteiger partial charge >= 0.3 is 0 Å². The molecule has 1 heterocycles. The molecule has 1 saturated carbocycles. The van der Waals surface area contributed by atoms with Gasteiger partial charge in [-0.2, -0.15) is 0 Å². The van der Waals surface area contributed by atoms with Gasteiger partial charge in [-0.1, -0.05) is 0 Å². The van der Waals surface area contributed by atoms with E-state index in [1.54, 1.807) is 0 Å². The highest BCUT2D eigenvalue weighted by Gasteiger charge is 2.23. The normalized spacial score (nSPS) is 23.2. The molecule has 19 heavy (non-hydrogen) atoms. The van der Waals surface area contributed by atoms with E-state index < -0.39 is 0 Å². The molecule has 1 aromatic carbocycles. The summed E-state index contributed by atoms with van der Waals surface area (Å²) in [6.07, 6.45) is 2.25. The van der Waals surface area contributed by atoms with Crippen molar-refractivity contribution in [3.8, 4) is 0 Å². The number of hydrogen-bond acceptors (Lipinski definition) is 3. The Bertz CT molecular complexity index is 453. The van der Waals surface area contributed by atoms with E-state index in [4.69, 9.17) is 0 Å². The third-order valence-electron chi connectivity index (χ3n) is 3.78. The van der Waals surface area contributed by atoms with E-state index in [1.165, 1.54) is 5.69 Å². The lowest BCUT2D eigenvalue weighted by Gasteiger charge is -2.33. The second-order valence-corrected chi connectivity index (χ2v) is 5.60. The van der Waals surface area contributed by atoms with Crippen LogP contribution in [0.4, 0.5) is 5.69 Å². The van der Waals surface area contributed by atoms with Gasteiger partial charge in [0.15, 0.2) is 0 Å². The van der Waals surface area contributed by atoms with Gasteiger partial charge in [-0.15, -0.1) is 0 Å². The van der Waals surface area contributed by atoms with Crippen molar-refractivity contribution >= 4 is 11.6 Å². The van der Waals surface area contributed by atoms with Crippen LogP contribution in [0.3, 0.4) is 0 Å². The fourth-order valence-electron chi connectivity index (χ4n) is 2.49. The zero-order valence-corrected chi connectivity index (χ0v) is 11.4. The summed E-state index contributed by atoms with van der Waals surface area (Å²) in [6.45, 7) is 5.26. The summed E-state index contributed by atoms with van der Waals surface area (Å²) < 4.78 is 0. The average molecular weight is 259 g/mol. The molecule has 0 aromatic heterocycles. The van der Waals surface area contributed by atoms with Crippen LogP contribution in [0.15, 0.2) is 24.3 Å². The van der Waals surface area contributed by atoms with Gasteiger partial charge in [-0.25, -0.2) is 0 Å². The predicted octanol–water partition coefficient (Wildman–Crippen LogP) is 1.38. The van der Waals surface area contributed by atoms with E-state index in [0.717, 1.165) is 38.0 Å². The molecule has 2 fully saturated rings. The molecule has 0 radical (unpaired) electrons. The first-order chi connectivity index (χ1) is 9.22. The number of nitrogens with zero attached hydrogens (tertiary/aromatic N) is 1. The average Bonchev–Trinajstić information content (AvgIpc) is 3.23. The van der Waals surface area contributed by atoms with Crippen molar-refractivity contribution in [2.24, 2.45) is 0 Å². The Kier molecular flexibility index (Phi) is 3.42. The van der Waals surface area contributed by atoms with Gasteiger partial charge in [0, 0.05) is 43.0 Å². The molecule has 1 aromatic rings. The lowest BCUT2D eigenvalue weighted by atomic mass is 10.1. The topological polar surface area (TPSA) is 44.4 Å². The van der Waals surface area contributed by atoms with Crippen LogP contribution in [-0.4, -0.2) is 37.6 Å². The Labute approximate surface area is 114 Å². The standard InChI is InChI=1S/C15H21N3O/c1-11-10-18(9-8-16-11)14-6-2-12(3-7-14)15(19)17-13-4-5-13/h2-3,6-7,11,13,16H,4-5,8-10H2,1H3,(H,17,19)/t11-/m1/s1. The minimum Gasteiger partial charge on any atom is -0.369 e. The molecule has 1 aliphatic heterocycles. The van der Waals surface area contributed by atoms with Crippen LogP contribution in [-0.2, 0) is 0 Å². The summed E-state index contributed by atoms with van der Waals surface area (Å²) in [5.74, 6) is 0.0581. The number of nitrogens with one attached hydrogen (secondary N) is 2. The molecule has 102 valence electrons. The van der Waals surface area contributed by atoms with E-state index in [2.05, 4.69) is 34.6 Å². The summed E-state index contributed by atoms with van der Waals surface area (Å²) in [5.41, 5.74) is 1.97. The van der Waals surface area contributed by atoms with E-state index in [0.29, 0.717) is 12.1 Å². The maximum atomic E-state index is 11.9. The van der Waals surface area contributed by atoms with Gasteiger partial charge in [0.05, 0.1) is 0 Å². The molecule has 1 aliphatic carbocycles. The van der Waals surface area contributed by atoms with Crippen LogP contribution < -0.4 is 15.5 Å². The first-order valence-corrected chi connectivity index (χ1v) is 7.11. The minimum absolute atomic E-state index is 0.0581. The van der Waals surface area contributed by atoms with Crippen LogP contribution in [0.25, 0.3) is 0 Å². The van der Waals surface area contributed by atoms with Gasteiger partial charge in [-0.3, -0.25) is 4.79 Å². The number of carbonyl (C=O) groups is 1. The molecule has 2 aliphatic rings. The first kappa shape index (κ1) is 12.5. The first-order valence-electron chi connectivity index (χ1n) is 7.11. The maximum Gasteiger partial charge on any atom is 0.251 e. The molecule has 0 bridgehead atoms. The fraction of sp³-hybridized carbons (Fsp3) is 0.533. The smallest absolute Gasteiger partial charge is 0.251 e. The third-order valence-corrected chi connectivity index (χ3v) is 3.78. The van der Waals surface area contributed by atoms with Crippen molar-refractivity contribution in [1.82, 2.24) is 10.6 Å². The highest BCUT2D eigenvalue weighted by Crippen LogP contribution is 2.20. The number of amides is 1. The molecule has 0 spiro atoms. The largest absolute Gasteiger partial charge is 0.369 e. The lowest BCUT2D eigenvalue weighted by molar-refractivity contribution is 0.0951. The highest BCUT2D eigenvalue weighted by molar-refractivity contribution is 5.94. The third kappa shape index (κ3) is 3.07. The predicted molar refractivity (Wildman–Crippen MR) is 76.6 cm³/mol. The number of hydrogen-bond donors (Lipinski definition) is 2. The highest BCUT2D eigenvalue weighted by atomic mass is 16.1. The van der Waals surface area contributed by atoms with Crippen molar-refractivity contribution in [2.45, 2.75) is 31.8 Å². The van der Waals surface area contributed by atoms with Crippen molar-refractivity contribution in [1.29, 1.82) is 0 Å². The van der Waals surface area contributed by atoms with Gasteiger partial charge in [-0.05, 0) is 44.0 Å². The Hall–Kier alpha value is -1.55. The zero-order valence-electron chi connectivity index (χ0n) is 11.4. The monoisotopic (exact) mass is 259 g/mol. The summed E-state index contributed by atoms with van der Waals surface area (Å²) in [5, 5.41) is 6.45. The van der Waals surface area contributed by atoms with Crippen LogP contribution in [0, 0.1) is 0 Å². The molecule has 1 saturated heterocycles. The molecular weight excluding hydrogens is 238 g/mol. The molecule has 4 nitrogen and oxygen atoms in total. The molecule has 1 amide bonds. The molecule has 4 heteroatoms. The van der Waals surface area contributed by atoms with Crippen molar-refractivity contribution < 1.29 is 4.79 Å². The lowest BCUT2D eigenvalue weighted by Crippen LogP contribution is -2.49. The second kappa shape index (κ2) is 5.21. The minimum atomic E-state index is 0.0581. The number of piperazine rings is 1. The summed E-state index contributed by atoms with van der Waals surface area (Å²) in [6, 6.07) is 8.91. The van der Waals surface area contributed by atoms with E-state index in [1.807, 2.05) is 12.1 Å². The van der Waals surface area contributed by atoms with Gasteiger partial charge in [0.1, 0.15) is 0 Å². The van der Waals surface area contributed by atoms with Gasteiger partial charge < -0.3 is 15.5 Å². The number of carbonyl (C=O) groups excluding carboxylic acids is 1. The van der Waals surface area contributed by atoms with Gasteiger partial charge in [0.25, 0.3) is 5.91 Å². The number of rotatable bonds is 3. The van der Waals surface area contributed by atoms with Crippen molar-refractivity contribution in [3.63, 3.8) is 0 Å². The van der Waals surface area contributed by atoms with Gasteiger partial charge in [0.2, 0.25) is 0 Å². The van der Waals surface area contributed by atoms with Crippen LogP contribution in [0.5, 0.6) is 0 Å². The maximum absolute atomic E-state index is 11.9. The summed E-state index contributed by atoms with van der Waals surface area (Å²) in [7, 11) is 0. The van der Waals surface area contributed by atoms with Crippen LogP contribution >= 0.6 is 0 Å². The van der Waals surface area contributed by atoms with Crippen LogP contribution in [0.1, 0.15) is 30.1 Å².